The Morgan fingerprint density at radius 2 is 1.74 bits per heavy atom. The molecular formula is C24H22ClF3N2O4S. The smallest absolute Gasteiger partial charge is 0.255 e. The van der Waals surface area contributed by atoms with E-state index < -0.39 is 44.0 Å². The summed E-state index contributed by atoms with van der Waals surface area (Å²) in [4.78, 5) is 18.3. The first kappa shape index (κ1) is 24.1. The normalized spacial score (nSPS) is 27.6. The number of carbonyl (C=O) groups is 1. The minimum atomic E-state index is -3.91. The van der Waals surface area contributed by atoms with Gasteiger partial charge in [0.1, 0.15) is 5.60 Å². The zero-order chi connectivity index (χ0) is 25.1. The highest BCUT2D eigenvalue weighted by Crippen LogP contribution is 2.54. The molecule has 11 heteroatoms. The summed E-state index contributed by atoms with van der Waals surface area (Å²) in [5.41, 5.74) is 0.0671. The van der Waals surface area contributed by atoms with Crippen molar-refractivity contribution in [3.05, 3.63) is 58.4 Å². The predicted octanol–water partition coefficient (Wildman–Crippen LogP) is 5.51. The lowest BCUT2D eigenvalue weighted by molar-refractivity contribution is -0.0618. The van der Waals surface area contributed by atoms with E-state index in [-0.39, 0.29) is 33.0 Å². The largest absolute Gasteiger partial charge is 0.389 e. The Labute approximate surface area is 205 Å². The van der Waals surface area contributed by atoms with Gasteiger partial charge in [-0.1, -0.05) is 16.8 Å². The number of sulfone groups is 1. The number of hydrogen-bond acceptors (Lipinski definition) is 5. The van der Waals surface area contributed by atoms with Crippen LogP contribution in [0.2, 0.25) is 5.02 Å². The van der Waals surface area contributed by atoms with Crippen LogP contribution in [0.4, 0.5) is 18.9 Å². The van der Waals surface area contributed by atoms with Gasteiger partial charge in [-0.2, -0.15) is 0 Å². The van der Waals surface area contributed by atoms with Crippen molar-refractivity contribution in [3.8, 4) is 0 Å². The summed E-state index contributed by atoms with van der Waals surface area (Å²) in [6.07, 6.45) is 3.34. The Bertz CT molecular complexity index is 1330. The van der Waals surface area contributed by atoms with Gasteiger partial charge < -0.3 is 10.2 Å². The van der Waals surface area contributed by atoms with E-state index in [1.807, 2.05) is 6.92 Å². The topological polar surface area (TPSA) is 84.8 Å². The summed E-state index contributed by atoms with van der Waals surface area (Å²) in [5.74, 6) is -5.65. The lowest BCUT2D eigenvalue weighted by Crippen LogP contribution is -2.46. The highest BCUT2D eigenvalue weighted by atomic mass is 35.5. The Kier molecular flexibility index (Phi) is 5.87. The summed E-state index contributed by atoms with van der Waals surface area (Å²) in [7, 11) is -3.91. The van der Waals surface area contributed by atoms with Crippen LogP contribution in [0.25, 0.3) is 0 Å². The second-order valence-corrected chi connectivity index (χ2v) is 12.1. The van der Waals surface area contributed by atoms with Gasteiger partial charge in [0, 0.05) is 29.8 Å². The van der Waals surface area contributed by atoms with Crippen molar-refractivity contribution in [1.29, 1.82) is 0 Å². The Balaban J connectivity index is 1.41. The van der Waals surface area contributed by atoms with Crippen molar-refractivity contribution in [2.75, 3.05) is 5.32 Å². The third-order valence-corrected chi connectivity index (χ3v) is 10.1. The SMILES string of the molecule is CC1=NO[C@@]2(C1)CC1CC[C@@H](C2)C1S(=O)(=O)c1cc(C(=O)Nc2cc(F)c(F)c(F)c2)ccc1Cl. The number of fused-ring (bicyclic) bond motifs is 2. The quantitative estimate of drug-likeness (QED) is 0.533. The maximum Gasteiger partial charge on any atom is 0.255 e. The molecule has 2 bridgehead atoms. The minimum Gasteiger partial charge on any atom is -0.389 e. The van der Waals surface area contributed by atoms with Gasteiger partial charge in [0.25, 0.3) is 5.91 Å². The molecule has 0 radical (unpaired) electrons. The summed E-state index contributed by atoms with van der Waals surface area (Å²) < 4.78 is 67.7. The molecule has 4 atom stereocenters. The number of oxime groups is 1. The number of carbonyl (C=O) groups excluding carboxylic acids is 1. The van der Waals surface area contributed by atoms with Crippen LogP contribution < -0.4 is 5.32 Å². The molecule has 3 aliphatic rings. The molecule has 186 valence electrons. The summed E-state index contributed by atoms with van der Waals surface area (Å²) in [6, 6.07) is 5.06. The van der Waals surface area contributed by atoms with Crippen LogP contribution in [0.5, 0.6) is 0 Å². The van der Waals surface area contributed by atoms with Gasteiger partial charge in [-0.15, -0.1) is 0 Å². The van der Waals surface area contributed by atoms with Gasteiger partial charge in [-0.05, 0) is 62.6 Å². The zero-order valence-electron chi connectivity index (χ0n) is 18.7. The number of halogens is 4. The molecule has 2 fully saturated rings. The van der Waals surface area contributed by atoms with Gasteiger partial charge in [0.2, 0.25) is 0 Å². The van der Waals surface area contributed by atoms with Crippen molar-refractivity contribution in [2.45, 2.75) is 54.8 Å². The summed E-state index contributed by atoms with van der Waals surface area (Å²) in [5, 5.41) is 5.67. The number of rotatable bonds is 4. The minimum absolute atomic E-state index is 0.0172. The molecule has 2 saturated carbocycles. The highest BCUT2D eigenvalue weighted by molar-refractivity contribution is 7.92. The van der Waals surface area contributed by atoms with Crippen molar-refractivity contribution in [1.82, 2.24) is 0 Å². The van der Waals surface area contributed by atoms with E-state index in [0.717, 1.165) is 18.6 Å². The van der Waals surface area contributed by atoms with E-state index in [2.05, 4.69) is 10.5 Å². The molecule has 6 nitrogen and oxygen atoms in total. The van der Waals surface area contributed by atoms with E-state index in [9.17, 15) is 26.4 Å². The average molecular weight is 527 g/mol. The van der Waals surface area contributed by atoms with Crippen LogP contribution in [0.15, 0.2) is 40.4 Å². The number of nitrogens with one attached hydrogen (secondary N) is 1. The number of amides is 1. The average Bonchev–Trinajstić information content (AvgIpc) is 3.29. The fourth-order valence-corrected chi connectivity index (χ4v) is 8.73. The number of nitrogens with zero attached hydrogens (tertiary/aromatic N) is 1. The van der Waals surface area contributed by atoms with Crippen molar-refractivity contribution >= 4 is 38.7 Å². The Morgan fingerprint density at radius 3 is 2.31 bits per heavy atom. The molecule has 1 spiro atoms. The highest BCUT2D eigenvalue weighted by Gasteiger charge is 2.57. The first-order valence-corrected chi connectivity index (χ1v) is 13.1. The van der Waals surface area contributed by atoms with Crippen LogP contribution in [0.1, 0.15) is 49.4 Å². The molecule has 5 rings (SSSR count). The molecule has 0 saturated heterocycles. The molecule has 1 amide bonds. The molecule has 2 aromatic carbocycles. The van der Waals surface area contributed by atoms with E-state index >= 15 is 0 Å². The fraction of sp³-hybridized carbons (Fsp3) is 0.417. The molecule has 2 unspecified atom stereocenters. The Hall–Kier alpha value is -2.59. The molecule has 1 N–H and O–H groups in total. The number of anilines is 1. The second-order valence-electron chi connectivity index (χ2n) is 9.65. The van der Waals surface area contributed by atoms with Crippen LogP contribution in [0, 0.1) is 29.3 Å². The predicted molar refractivity (Wildman–Crippen MR) is 124 cm³/mol. The molecule has 2 aromatic rings. The van der Waals surface area contributed by atoms with Gasteiger partial charge in [0.15, 0.2) is 27.3 Å². The molecule has 1 heterocycles. The standard InChI is InChI=1S/C24H22ClF3N2O4S/c1-12-9-24(34-30-12)10-14-2-3-15(11-24)22(14)35(32,33)20-6-13(4-5-17(20)25)23(31)29-16-7-18(26)21(28)19(27)8-16/h4-8,14-15,22H,2-3,9-11H2,1H3,(H,29,31)/t14-,15?,22?,24+/m0/s1. The van der Waals surface area contributed by atoms with Gasteiger partial charge in [0.05, 0.1) is 20.9 Å². The molecule has 35 heavy (non-hydrogen) atoms. The van der Waals surface area contributed by atoms with Crippen LogP contribution >= 0.6 is 11.6 Å². The van der Waals surface area contributed by atoms with E-state index in [1.54, 1.807) is 0 Å². The zero-order valence-corrected chi connectivity index (χ0v) is 20.2. The van der Waals surface area contributed by atoms with Crippen LogP contribution in [-0.4, -0.2) is 30.9 Å². The van der Waals surface area contributed by atoms with E-state index in [1.165, 1.54) is 18.2 Å². The summed E-state index contributed by atoms with van der Waals surface area (Å²) in [6.45, 7) is 1.89. The Morgan fingerprint density at radius 1 is 1.11 bits per heavy atom. The van der Waals surface area contributed by atoms with Crippen LogP contribution in [-0.2, 0) is 14.7 Å². The lowest BCUT2D eigenvalue weighted by Gasteiger charge is -2.40. The van der Waals surface area contributed by atoms with Gasteiger partial charge in [-0.25, -0.2) is 21.6 Å². The van der Waals surface area contributed by atoms with E-state index in [0.29, 0.717) is 31.4 Å². The lowest BCUT2D eigenvalue weighted by atomic mass is 9.75. The first-order valence-electron chi connectivity index (χ1n) is 11.2. The third-order valence-electron chi connectivity index (χ3n) is 7.18. The number of hydrogen-bond donors (Lipinski definition) is 1. The van der Waals surface area contributed by atoms with Crippen LogP contribution in [0.3, 0.4) is 0 Å². The molecule has 0 aromatic heterocycles. The van der Waals surface area contributed by atoms with Crippen molar-refractivity contribution in [3.63, 3.8) is 0 Å². The monoisotopic (exact) mass is 526 g/mol. The second kappa shape index (κ2) is 8.51. The van der Waals surface area contributed by atoms with Crippen molar-refractivity contribution in [2.24, 2.45) is 17.0 Å². The van der Waals surface area contributed by atoms with E-state index in [4.69, 9.17) is 16.4 Å². The fourth-order valence-electron chi connectivity index (χ4n) is 5.89. The van der Waals surface area contributed by atoms with Crippen molar-refractivity contribution < 1.29 is 31.2 Å². The maximum atomic E-state index is 13.8. The van der Waals surface area contributed by atoms with Gasteiger partial charge >= 0.3 is 0 Å². The molecule has 1 aliphatic heterocycles. The van der Waals surface area contributed by atoms with Gasteiger partial charge in [-0.3, -0.25) is 4.79 Å². The first-order chi connectivity index (χ1) is 16.5. The third kappa shape index (κ3) is 4.20. The molecular weight excluding hydrogens is 505 g/mol. The molecule has 2 aliphatic carbocycles. The maximum absolute atomic E-state index is 13.8. The number of benzene rings is 2. The summed E-state index contributed by atoms with van der Waals surface area (Å²) >= 11 is 6.28.